The van der Waals surface area contributed by atoms with Crippen LogP contribution >= 0.6 is 0 Å². The molecule has 4 rings (SSSR count). The van der Waals surface area contributed by atoms with Crippen LogP contribution in [0.1, 0.15) is 54.5 Å². The number of fused-ring (bicyclic) bond motifs is 1. The number of alkyl halides is 2. The van der Waals surface area contributed by atoms with Gasteiger partial charge in [0.1, 0.15) is 11.4 Å². The number of anilines is 1. The molecule has 3 aromatic rings. The van der Waals surface area contributed by atoms with Gasteiger partial charge in [-0.1, -0.05) is 12.1 Å². The molecular weight excluding hydrogens is 420 g/mol. The summed E-state index contributed by atoms with van der Waals surface area (Å²) in [5.74, 6) is -1.71. The van der Waals surface area contributed by atoms with Crippen molar-refractivity contribution >= 4 is 23.4 Å². The lowest BCUT2D eigenvalue weighted by atomic mass is 10.1. The van der Waals surface area contributed by atoms with Gasteiger partial charge >= 0.3 is 0 Å². The molecule has 0 fully saturated rings. The van der Waals surface area contributed by atoms with Crippen LogP contribution in [0.5, 0.6) is 0 Å². The lowest BCUT2D eigenvalue weighted by molar-refractivity contribution is 0.0642. The molecule has 8 nitrogen and oxygen atoms in total. The van der Waals surface area contributed by atoms with E-state index in [9.17, 15) is 23.2 Å². The lowest BCUT2D eigenvalue weighted by Gasteiger charge is -2.13. The Bertz CT molecular complexity index is 1310. The molecule has 0 radical (unpaired) electrons. The maximum absolute atomic E-state index is 12.8. The van der Waals surface area contributed by atoms with Gasteiger partial charge in [0.05, 0.1) is 29.3 Å². The molecule has 0 unspecified atom stereocenters. The van der Waals surface area contributed by atoms with Crippen LogP contribution in [0.4, 0.5) is 14.5 Å². The van der Waals surface area contributed by atoms with Crippen molar-refractivity contribution in [3.05, 3.63) is 82.2 Å². The van der Waals surface area contributed by atoms with E-state index in [1.807, 2.05) is 6.07 Å². The summed E-state index contributed by atoms with van der Waals surface area (Å²) < 4.78 is 26.7. The summed E-state index contributed by atoms with van der Waals surface area (Å²) in [6.45, 7) is -0.00498. The first-order valence-corrected chi connectivity index (χ1v) is 9.41. The summed E-state index contributed by atoms with van der Waals surface area (Å²) in [7, 11) is 1.37. The molecule has 0 aliphatic carbocycles. The largest absolute Gasteiger partial charge is 0.321 e. The molecule has 0 saturated carbocycles. The second-order valence-electron chi connectivity index (χ2n) is 7.10. The van der Waals surface area contributed by atoms with E-state index in [0.29, 0.717) is 11.1 Å². The van der Waals surface area contributed by atoms with Crippen LogP contribution in [0.15, 0.2) is 48.5 Å². The van der Waals surface area contributed by atoms with E-state index < -0.39 is 29.8 Å². The Morgan fingerprint density at radius 1 is 1.12 bits per heavy atom. The maximum Gasteiger partial charge on any atom is 0.282 e. The number of aromatic nitrogens is 2. The van der Waals surface area contributed by atoms with Gasteiger partial charge in [-0.15, -0.1) is 0 Å². The van der Waals surface area contributed by atoms with E-state index in [-0.39, 0.29) is 29.1 Å². The first kappa shape index (κ1) is 20.9. The maximum atomic E-state index is 12.8. The van der Waals surface area contributed by atoms with Gasteiger partial charge in [-0.05, 0) is 42.0 Å². The van der Waals surface area contributed by atoms with Crippen LogP contribution in [0.3, 0.4) is 0 Å². The van der Waals surface area contributed by atoms with Crippen molar-refractivity contribution in [3.63, 3.8) is 0 Å². The second-order valence-corrected chi connectivity index (χ2v) is 7.10. The molecule has 0 bridgehead atoms. The van der Waals surface area contributed by atoms with Crippen molar-refractivity contribution in [1.29, 1.82) is 5.26 Å². The number of aryl methyl sites for hydroxylation is 1. The molecule has 2 aromatic carbocycles. The van der Waals surface area contributed by atoms with E-state index >= 15 is 0 Å². The fourth-order valence-corrected chi connectivity index (χ4v) is 3.44. The van der Waals surface area contributed by atoms with Gasteiger partial charge in [0.25, 0.3) is 24.1 Å². The Kier molecular flexibility index (Phi) is 5.24. The molecule has 0 atom stereocenters. The minimum atomic E-state index is -2.81. The number of imide groups is 1. The number of nitrogens with one attached hydrogen (secondary N) is 1. The van der Waals surface area contributed by atoms with E-state index in [4.69, 9.17) is 5.26 Å². The zero-order valence-electron chi connectivity index (χ0n) is 16.7. The summed E-state index contributed by atoms with van der Waals surface area (Å²) in [4.78, 5) is 39.1. The van der Waals surface area contributed by atoms with Gasteiger partial charge in [-0.2, -0.15) is 10.4 Å². The Labute approximate surface area is 180 Å². The van der Waals surface area contributed by atoms with Gasteiger partial charge in [0, 0.05) is 12.7 Å². The first-order valence-electron chi connectivity index (χ1n) is 9.41. The average Bonchev–Trinajstić information content (AvgIpc) is 3.28. The molecule has 1 aliphatic rings. The van der Waals surface area contributed by atoms with E-state index in [2.05, 4.69) is 10.4 Å². The molecule has 2 heterocycles. The van der Waals surface area contributed by atoms with Gasteiger partial charge < -0.3 is 5.32 Å². The highest BCUT2D eigenvalue weighted by molar-refractivity contribution is 6.22. The van der Waals surface area contributed by atoms with Gasteiger partial charge in [0.2, 0.25) is 0 Å². The third-order valence-electron chi connectivity index (χ3n) is 4.98. The fraction of sp³-hybridized carbons (Fsp3) is 0.136. The Hall–Kier alpha value is -4.39. The second kappa shape index (κ2) is 8.03. The van der Waals surface area contributed by atoms with E-state index in [1.165, 1.54) is 25.2 Å². The minimum Gasteiger partial charge on any atom is -0.321 e. The summed E-state index contributed by atoms with van der Waals surface area (Å²) in [5, 5.41) is 15.2. The number of nitrogens with zero attached hydrogens (tertiary/aromatic N) is 4. The summed E-state index contributed by atoms with van der Waals surface area (Å²) in [6, 6.07) is 13.8. The number of nitriles is 1. The van der Waals surface area contributed by atoms with Crippen molar-refractivity contribution in [3.8, 4) is 6.07 Å². The quantitative estimate of drug-likeness (QED) is 0.619. The third kappa shape index (κ3) is 3.72. The molecule has 32 heavy (non-hydrogen) atoms. The van der Waals surface area contributed by atoms with Crippen molar-refractivity contribution < 1.29 is 23.2 Å². The van der Waals surface area contributed by atoms with Crippen molar-refractivity contribution in [2.75, 3.05) is 5.32 Å². The molecule has 1 aromatic heterocycles. The van der Waals surface area contributed by atoms with E-state index in [1.54, 1.807) is 24.3 Å². The topological polar surface area (TPSA) is 108 Å². The molecule has 0 spiro atoms. The van der Waals surface area contributed by atoms with Crippen molar-refractivity contribution in [2.24, 2.45) is 7.05 Å². The minimum absolute atomic E-state index is 0.00498. The van der Waals surface area contributed by atoms with Gasteiger partial charge in [-0.25, -0.2) is 8.78 Å². The number of benzene rings is 2. The Balaban J connectivity index is 1.55. The number of amides is 3. The first-order chi connectivity index (χ1) is 15.3. The highest BCUT2D eigenvalue weighted by atomic mass is 19.3. The molecule has 1 aliphatic heterocycles. The predicted octanol–water partition coefficient (Wildman–Crippen LogP) is 3.28. The predicted molar refractivity (Wildman–Crippen MR) is 108 cm³/mol. The lowest BCUT2D eigenvalue weighted by Crippen LogP contribution is -2.29. The third-order valence-corrected chi connectivity index (χ3v) is 4.98. The molecule has 1 N–H and O–H groups in total. The van der Waals surface area contributed by atoms with Crippen LogP contribution in [-0.2, 0) is 13.6 Å². The van der Waals surface area contributed by atoms with E-state index in [0.717, 1.165) is 15.6 Å². The normalized spacial score (nSPS) is 12.8. The standard InChI is InChI=1S/C22H15F2N5O3/c1-28-18(9-17(27-28)19(23)24)20(30)26-14-5-6-15-16(8-14)22(32)29(21(15)31)11-13-4-2-3-12(7-13)10-25/h2-9,19H,11H2,1H3,(H,26,30). The molecular formula is C22H15F2N5O3. The van der Waals surface area contributed by atoms with Crippen LogP contribution in [0, 0.1) is 11.3 Å². The number of hydrogen-bond donors (Lipinski definition) is 1. The Morgan fingerprint density at radius 2 is 1.88 bits per heavy atom. The zero-order valence-corrected chi connectivity index (χ0v) is 16.7. The highest BCUT2D eigenvalue weighted by Gasteiger charge is 2.35. The van der Waals surface area contributed by atoms with Crippen LogP contribution in [0.25, 0.3) is 0 Å². The zero-order chi connectivity index (χ0) is 23.0. The average molecular weight is 435 g/mol. The van der Waals surface area contributed by atoms with Crippen molar-refractivity contribution in [2.45, 2.75) is 13.0 Å². The summed E-state index contributed by atoms with van der Waals surface area (Å²) in [6.07, 6.45) is -2.81. The monoisotopic (exact) mass is 435 g/mol. The van der Waals surface area contributed by atoms with Crippen LogP contribution in [0.2, 0.25) is 0 Å². The highest BCUT2D eigenvalue weighted by Crippen LogP contribution is 2.28. The number of rotatable bonds is 5. The molecule has 160 valence electrons. The number of halogens is 2. The van der Waals surface area contributed by atoms with Crippen LogP contribution < -0.4 is 5.32 Å². The van der Waals surface area contributed by atoms with Crippen LogP contribution in [-0.4, -0.2) is 32.4 Å². The van der Waals surface area contributed by atoms with Gasteiger partial charge in [0.15, 0.2) is 0 Å². The smallest absolute Gasteiger partial charge is 0.282 e. The molecule has 10 heteroatoms. The molecule has 3 amide bonds. The number of carbonyl (C=O) groups is 3. The SMILES string of the molecule is Cn1nc(C(F)F)cc1C(=O)Nc1ccc2c(c1)C(=O)N(Cc1cccc(C#N)c1)C2=O. The number of hydrogen-bond acceptors (Lipinski definition) is 5. The Morgan fingerprint density at radius 3 is 2.56 bits per heavy atom. The van der Waals surface area contributed by atoms with Gasteiger partial charge in [-0.3, -0.25) is 24.0 Å². The molecule has 0 saturated heterocycles. The summed E-state index contributed by atoms with van der Waals surface area (Å²) >= 11 is 0. The number of carbonyl (C=O) groups excluding carboxylic acids is 3. The van der Waals surface area contributed by atoms with Crippen molar-refractivity contribution in [1.82, 2.24) is 14.7 Å². The summed E-state index contributed by atoms with van der Waals surface area (Å²) in [5.41, 5.74) is 0.952. The fourth-order valence-electron chi connectivity index (χ4n) is 3.44.